The van der Waals surface area contributed by atoms with Crippen molar-refractivity contribution in [3.63, 3.8) is 0 Å². The first-order valence-corrected chi connectivity index (χ1v) is 12.7. The van der Waals surface area contributed by atoms with Gasteiger partial charge in [-0.3, -0.25) is 9.10 Å². The molecule has 8 nitrogen and oxygen atoms in total. The number of pyridine rings is 1. The first-order valence-electron chi connectivity index (χ1n) is 11.3. The zero-order valence-corrected chi connectivity index (χ0v) is 21.4. The number of alkyl halides is 6. The SMILES string of the molecule is CNC(=O)CC#N.O=S(=O)(c1cccc(C(F)(F)F)c1)N1CCOc2ccc(-c3cccc(C(F)(F)F)n3)cc21. The number of anilines is 1. The monoisotopic (exact) mass is 586 g/mol. The van der Waals surface area contributed by atoms with Gasteiger partial charge in [0.05, 0.1) is 34.5 Å². The number of aromatic nitrogens is 1. The Morgan fingerprint density at radius 1 is 1.05 bits per heavy atom. The number of fused-ring (bicyclic) bond motifs is 1. The highest BCUT2D eigenvalue weighted by molar-refractivity contribution is 7.92. The minimum atomic E-state index is -4.74. The predicted octanol–water partition coefficient (Wildman–Crippen LogP) is 5.02. The molecule has 0 saturated carbocycles. The topological polar surface area (TPSA) is 112 Å². The molecule has 40 heavy (non-hydrogen) atoms. The maximum atomic E-state index is 13.2. The van der Waals surface area contributed by atoms with Gasteiger partial charge in [0.15, 0.2) is 0 Å². The number of rotatable bonds is 4. The van der Waals surface area contributed by atoms with Crippen molar-refractivity contribution in [1.29, 1.82) is 5.26 Å². The van der Waals surface area contributed by atoms with Crippen LogP contribution in [0.4, 0.5) is 32.0 Å². The van der Waals surface area contributed by atoms with Gasteiger partial charge in [0.25, 0.3) is 10.0 Å². The summed E-state index contributed by atoms with van der Waals surface area (Å²) in [5.74, 6) is -0.116. The smallest absolute Gasteiger partial charge is 0.433 e. The van der Waals surface area contributed by atoms with Gasteiger partial charge < -0.3 is 10.1 Å². The van der Waals surface area contributed by atoms with Crippen LogP contribution in [0.3, 0.4) is 0 Å². The van der Waals surface area contributed by atoms with Gasteiger partial charge in [-0.2, -0.15) is 31.6 Å². The van der Waals surface area contributed by atoms with Crippen molar-refractivity contribution in [1.82, 2.24) is 10.3 Å². The summed E-state index contributed by atoms with van der Waals surface area (Å²) >= 11 is 0. The molecule has 4 rings (SSSR count). The average Bonchev–Trinajstić information content (AvgIpc) is 2.92. The number of nitrogens with zero attached hydrogens (tertiary/aromatic N) is 3. The molecule has 0 fully saturated rings. The van der Waals surface area contributed by atoms with Crippen LogP contribution in [0.5, 0.6) is 5.75 Å². The van der Waals surface area contributed by atoms with Gasteiger partial charge in [-0.25, -0.2) is 13.4 Å². The molecule has 1 amide bonds. The summed E-state index contributed by atoms with van der Waals surface area (Å²) in [7, 11) is -2.94. The Hall–Kier alpha value is -4.32. The molecule has 15 heteroatoms. The molecule has 2 heterocycles. The van der Waals surface area contributed by atoms with Crippen LogP contribution in [0, 0.1) is 11.3 Å². The largest absolute Gasteiger partial charge is 0.489 e. The number of carbonyl (C=O) groups excluding carboxylic acids is 1. The zero-order valence-electron chi connectivity index (χ0n) is 20.5. The molecule has 3 aromatic rings. The number of nitrogens with one attached hydrogen (secondary N) is 1. The summed E-state index contributed by atoms with van der Waals surface area (Å²) in [6.07, 6.45) is -9.46. The first-order chi connectivity index (χ1) is 18.7. The number of hydrogen-bond donors (Lipinski definition) is 1. The molecule has 1 aliphatic rings. The molecular weight excluding hydrogens is 566 g/mol. The van der Waals surface area contributed by atoms with Crippen molar-refractivity contribution < 1.29 is 44.3 Å². The molecule has 0 saturated heterocycles. The maximum Gasteiger partial charge on any atom is 0.433 e. The highest BCUT2D eigenvalue weighted by Gasteiger charge is 2.35. The number of sulfonamides is 1. The van der Waals surface area contributed by atoms with E-state index in [1.807, 2.05) is 0 Å². The third-order valence-corrected chi connectivity index (χ3v) is 7.19. The van der Waals surface area contributed by atoms with Crippen LogP contribution in [0.15, 0.2) is 65.6 Å². The van der Waals surface area contributed by atoms with Gasteiger partial charge in [0.1, 0.15) is 24.5 Å². The number of amides is 1. The average molecular weight is 587 g/mol. The Kier molecular flexibility index (Phi) is 8.93. The van der Waals surface area contributed by atoms with Gasteiger partial charge in [0, 0.05) is 12.6 Å². The van der Waals surface area contributed by atoms with E-state index in [0.29, 0.717) is 6.07 Å². The van der Waals surface area contributed by atoms with Gasteiger partial charge in [-0.15, -0.1) is 0 Å². The van der Waals surface area contributed by atoms with E-state index >= 15 is 0 Å². The summed E-state index contributed by atoms with van der Waals surface area (Å²) in [6, 6.07) is 12.4. The summed E-state index contributed by atoms with van der Waals surface area (Å²) in [4.78, 5) is 13.1. The number of carbonyl (C=O) groups is 1. The van der Waals surface area contributed by atoms with E-state index in [1.165, 1.54) is 31.3 Å². The summed E-state index contributed by atoms with van der Waals surface area (Å²) in [6.45, 7) is -0.266. The highest BCUT2D eigenvalue weighted by Crippen LogP contribution is 2.39. The van der Waals surface area contributed by atoms with E-state index in [0.717, 1.165) is 34.6 Å². The molecule has 0 radical (unpaired) electrons. The summed E-state index contributed by atoms with van der Waals surface area (Å²) < 4.78 is 111. The van der Waals surface area contributed by atoms with Crippen molar-refractivity contribution in [2.24, 2.45) is 0 Å². The third-order valence-electron chi connectivity index (χ3n) is 5.38. The minimum Gasteiger partial charge on any atom is -0.489 e. The lowest BCUT2D eigenvalue weighted by molar-refractivity contribution is -0.141. The van der Waals surface area contributed by atoms with Gasteiger partial charge in [-0.1, -0.05) is 12.1 Å². The number of hydrogen-bond acceptors (Lipinski definition) is 6. The normalized spacial score (nSPS) is 13.2. The Balaban J connectivity index is 0.000000559. The lowest BCUT2D eigenvalue weighted by atomic mass is 10.1. The number of ether oxygens (including phenoxy) is 1. The molecule has 0 unspecified atom stereocenters. The van der Waals surface area contributed by atoms with E-state index in [4.69, 9.17) is 10.00 Å². The first kappa shape index (κ1) is 30.2. The van der Waals surface area contributed by atoms with Crippen LogP contribution in [-0.4, -0.2) is 39.5 Å². The van der Waals surface area contributed by atoms with E-state index in [2.05, 4.69) is 10.3 Å². The minimum absolute atomic E-state index is 0.0182. The fourth-order valence-electron chi connectivity index (χ4n) is 3.48. The van der Waals surface area contributed by atoms with Crippen molar-refractivity contribution in [3.05, 3.63) is 71.9 Å². The highest BCUT2D eigenvalue weighted by atomic mass is 32.2. The molecule has 0 spiro atoms. The molecule has 1 aliphatic heterocycles. The summed E-state index contributed by atoms with van der Waals surface area (Å²) in [5, 5.41) is 10.2. The third kappa shape index (κ3) is 7.00. The molecule has 2 aromatic carbocycles. The van der Waals surface area contributed by atoms with Crippen LogP contribution in [0.25, 0.3) is 11.3 Å². The lowest BCUT2D eigenvalue weighted by Crippen LogP contribution is -2.38. The van der Waals surface area contributed by atoms with E-state index < -0.39 is 38.5 Å². The number of benzene rings is 2. The fourth-order valence-corrected chi connectivity index (χ4v) is 4.97. The van der Waals surface area contributed by atoms with E-state index in [-0.39, 0.29) is 48.2 Å². The molecule has 0 aliphatic carbocycles. The van der Waals surface area contributed by atoms with Crippen molar-refractivity contribution in [3.8, 4) is 23.1 Å². The van der Waals surface area contributed by atoms with Gasteiger partial charge in [0.2, 0.25) is 5.91 Å². The molecule has 1 N–H and O–H groups in total. The van der Waals surface area contributed by atoms with Crippen molar-refractivity contribution in [2.75, 3.05) is 24.5 Å². The summed E-state index contributed by atoms with van der Waals surface area (Å²) in [5.41, 5.74) is -2.15. The molecule has 212 valence electrons. The van der Waals surface area contributed by atoms with Crippen LogP contribution >= 0.6 is 0 Å². The van der Waals surface area contributed by atoms with Crippen LogP contribution < -0.4 is 14.4 Å². The van der Waals surface area contributed by atoms with Crippen LogP contribution in [0.1, 0.15) is 17.7 Å². The molecule has 1 aromatic heterocycles. The Morgan fingerprint density at radius 3 is 2.35 bits per heavy atom. The van der Waals surface area contributed by atoms with Gasteiger partial charge in [-0.05, 0) is 48.5 Å². The number of nitriles is 1. The van der Waals surface area contributed by atoms with Crippen LogP contribution in [0.2, 0.25) is 0 Å². The number of halogens is 6. The van der Waals surface area contributed by atoms with Crippen LogP contribution in [-0.2, 0) is 27.2 Å². The van der Waals surface area contributed by atoms with Crippen molar-refractivity contribution in [2.45, 2.75) is 23.7 Å². The van der Waals surface area contributed by atoms with E-state index in [9.17, 15) is 39.6 Å². The van der Waals surface area contributed by atoms with Crippen molar-refractivity contribution >= 4 is 21.6 Å². The zero-order chi connectivity index (χ0) is 29.7. The fraction of sp³-hybridized carbons (Fsp3) is 0.240. The quantitative estimate of drug-likeness (QED) is 0.430. The second kappa shape index (κ2) is 11.8. The Labute approximate surface area is 224 Å². The predicted molar refractivity (Wildman–Crippen MR) is 130 cm³/mol. The Morgan fingerprint density at radius 2 is 1.75 bits per heavy atom. The maximum absolute atomic E-state index is 13.2. The molecule has 0 bridgehead atoms. The molecule has 0 atom stereocenters. The Bertz CT molecular complexity index is 1540. The second-order valence-corrected chi connectivity index (χ2v) is 9.91. The van der Waals surface area contributed by atoms with Gasteiger partial charge >= 0.3 is 12.4 Å². The van der Waals surface area contributed by atoms with E-state index in [1.54, 1.807) is 6.07 Å². The second-order valence-electron chi connectivity index (χ2n) is 8.05. The lowest BCUT2D eigenvalue weighted by Gasteiger charge is -2.31. The molecular formula is C25H20F6N4O4S. The standard InChI is InChI=1S/C21H14F6N2O3S.C4H6N2O/c22-20(23,24)14-3-1-4-15(12-14)33(30,31)29-9-10-32-18-8-7-13(11-17(18)29)16-5-2-6-19(28-16)21(25,26)27;1-6-4(7)2-3-5/h1-8,11-12H,9-10H2;2H2,1H3,(H,6,7).